The van der Waals surface area contributed by atoms with Crippen molar-refractivity contribution in [3.63, 3.8) is 0 Å². The SMILES string of the molecule is Oc1ccc2c(c1)OC1c3cc4c(cc3OCC21)OCO4. The molecule has 3 aliphatic rings. The van der Waals surface area contributed by atoms with Gasteiger partial charge in [-0.05, 0) is 12.1 Å². The Kier molecular flexibility index (Phi) is 1.99. The Bertz CT molecular complexity index is 755. The molecule has 1 N–H and O–H groups in total. The number of phenolic OH excluding ortho intramolecular Hbond substituents is 1. The Balaban J connectivity index is 1.63. The maximum atomic E-state index is 9.60. The summed E-state index contributed by atoms with van der Waals surface area (Å²) in [6, 6.07) is 9.02. The predicted molar refractivity (Wildman–Crippen MR) is 72.3 cm³/mol. The second kappa shape index (κ2) is 3.75. The van der Waals surface area contributed by atoms with Gasteiger partial charge in [-0.15, -0.1) is 0 Å². The summed E-state index contributed by atoms with van der Waals surface area (Å²) in [5.41, 5.74) is 2.03. The third-order valence-corrected chi connectivity index (χ3v) is 4.25. The van der Waals surface area contributed by atoms with E-state index in [0.717, 1.165) is 28.4 Å². The first-order chi connectivity index (χ1) is 10.3. The van der Waals surface area contributed by atoms with E-state index in [2.05, 4.69) is 0 Å². The van der Waals surface area contributed by atoms with Gasteiger partial charge in [0.15, 0.2) is 11.5 Å². The van der Waals surface area contributed by atoms with Crippen LogP contribution in [0.15, 0.2) is 30.3 Å². The number of phenols is 1. The normalized spacial score (nSPS) is 23.6. The summed E-state index contributed by atoms with van der Waals surface area (Å²) < 4.78 is 22.7. The summed E-state index contributed by atoms with van der Waals surface area (Å²) in [5, 5.41) is 9.60. The zero-order valence-corrected chi connectivity index (χ0v) is 11.0. The van der Waals surface area contributed by atoms with Crippen LogP contribution in [0.1, 0.15) is 23.1 Å². The zero-order chi connectivity index (χ0) is 14.0. The number of benzene rings is 2. The van der Waals surface area contributed by atoms with Crippen LogP contribution < -0.4 is 18.9 Å². The monoisotopic (exact) mass is 284 g/mol. The molecular weight excluding hydrogens is 272 g/mol. The molecule has 0 amide bonds. The van der Waals surface area contributed by atoms with E-state index in [9.17, 15) is 5.11 Å². The first-order valence-electron chi connectivity index (χ1n) is 6.85. The Morgan fingerprint density at radius 3 is 2.62 bits per heavy atom. The molecule has 5 rings (SSSR count). The molecule has 0 radical (unpaired) electrons. The van der Waals surface area contributed by atoms with Gasteiger partial charge < -0.3 is 24.1 Å². The first kappa shape index (κ1) is 11.1. The first-order valence-corrected chi connectivity index (χ1v) is 6.85. The van der Waals surface area contributed by atoms with E-state index in [0.29, 0.717) is 12.4 Å². The van der Waals surface area contributed by atoms with Gasteiger partial charge in [0.1, 0.15) is 23.4 Å². The highest BCUT2D eigenvalue weighted by atomic mass is 16.7. The molecule has 0 saturated heterocycles. The number of rotatable bonds is 0. The maximum Gasteiger partial charge on any atom is 0.231 e. The molecule has 0 spiro atoms. The van der Waals surface area contributed by atoms with Gasteiger partial charge in [0.25, 0.3) is 0 Å². The van der Waals surface area contributed by atoms with E-state index in [-0.39, 0.29) is 24.6 Å². The molecule has 0 aromatic heterocycles. The topological polar surface area (TPSA) is 57.2 Å². The Labute approximate surface area is 120 Å². The van der Waals surface area contributed by atoms with E-state index in [1.54, 1.807) is 12.1 Å². The standard InChI is InChI=1S/C16H12O5/c17-8-1-2-9-11-6-18-12-5-15-14(19-7-20-15)4-10(12)16(11)21-13(9)3-8/h1-5,11,16-17H,6-7H2. The van der Waals surface area contributed by atoms with E-state index < -0.39 is 0 Å². The molecule has 2 unspecified atom stereocenters. The lowest BCUT2D eigenvalue weighted by atomic mass is 9.89. The zero-order valence-electron chi connectivity index (χ0n) is 11.0. The van der Waals surface area contributed by atoms with Crippen molar-refractivity contribution >= 4 is 0 Å². The average molecular weight is 284 g/mol. The molecule has 3 aliphatic heterocycles. The molecular formula is C16H12O5. The van der Waals surface area contributed by atoms with E-state index in [4.69, 9.17) is 18.9 Å². The molecule has 5 nitrogen and oxygen atoms in total. The van der Waals surface area contributed by atoms with Crippen molar-refractivity contribution < 1.29 is 24.1 Å². The fourth-order valence-corrected chi connectivity index (χ4v) is 3.24. The molecule has 106 valence electrons. The number of fused-ring (bicyclic) bond motifs is 6. The second-order valence-corrected chi connectivity index (χ2v) is 5.42. The van der Waals surface area contributed by atoms with E-state index in [1.165, 1.54) is 0 Å². The summed E-state index contributed by atoms with van der Waals surface area (Å²) in [6.07, 6.45) is -0.111. The van der Waals surface area contributed by atoms with Crippen LogP contribution in [0.25, 0.3) is 0 Å². The minimum absolute atomic E-state index is 0.111. The van der Waals surface area contributed by atoms with Crippen LogP contribution in [0.4, 0.5) is 0 Å². The number of hydrogen-bond donors (Lipinski definition) is 1. The minimum Gasteiger partial charge on any atom is -0.508 e. The van der Waals surface area contributed by atoms with Crippen LogP contribution in [0.5, 0.6) is 28.7 Å². The summed E-state index contributed by atoms with van der Waals surface area (Å²) in [7, 11) is 0. The van der Waals surface area contributed by atoms with Crippen molar-refractivity contribution in [1.82, 2.24) is 0 Å². The highest BCUT2D eigenvalue weighted by Crippen LogP contribution is 2.53. The number of aromatic hydroxyl groups is 1. The number of hydrogen-bond acceptors (Lipinski definition) is 5. The van der Waals surface area contributed by atoms with Crippen LogP contribution in [-0.2, 0) is 0 Å². The van der Waals surface area contributed by atoms with Crippen molar-refractivity contribution in [2.75, 3.05) is 13.4 Å². The van der Waals surface area contributed by atoms with Crippen molar-refractivity contribution in [3.8, 4) is 28.7 Å². The van der Waals surface area contributed by atoms with Gasteiger partial charge in [0, 0.05) is 23.3 Å². The van der Waals surface area contributed by atoms with Gasteiger partial charge in [-0.2, -0.15) is 0 Å². The van der Waals surface area contributed by atoms with Gasteiger partial charge in [-0.1, -0.05) is 6.07 Å². The molecule has 2 atom stereocenters. The smallest absolute Gasteiger partial charge is 0.231 e. The Morgan fingerprint density at radius 1 is 0.857 bits per heavy atom. The summed E-state index contributed by atoms with van der Waals surface area (Å²) in [4.78, 5) is 0. The Morgan fingerprint density at radius 2 is 1.71 bits per heavy atom. The minimum atomic E-state index is -0.111. The van der Waals surface area contributed by atoms with Gasteiger partial charge in [0.05, 0.1) is 12.5 Å². The molecule has 0 bridgehead atoms. The molecule has 2 aromatic carbocycles. The average Bonchev–Trinajstić information content (AvgIpc) is 3.07. The molecule has 0 fully saturated rings. The quantitative estimate of drug-likeness (QED) is 0.806. The van der Waals surface area contributed by atoms with Gasteiger partial charge in [-0.3, -0.25) is 0 Å². The molecule has 2 aromatic rings. The van der Waals surface area contributed by atoms with Crippen molar-refractivity contribution in [1.29, 1.82) is 0 Å². The van der Waals surface area contributed by atoms with Crippen molar-refractivity contribution in [2.24, 2.45) is 0 Å². The van der Waals surface area contributed by atoms with Crippen molar-refractivity contribution in [3.05, 3.63) is 41.5 Å². The molecule has 3 heterocycles. The fourth-order valence-electron chi connectivity index (χ4n) is 3.24. The molecule has 0 aliphatic carbocycles. The molecule has 0 saturated carbocycles. The van der Waals surface area contributed by atoms with Crippen LogP contribution in [0.2, 0.25) is 0 Å². The van der Waals surface area contributed by atoms with Gasteiger partial charge in [-0.25, -0.2) is 0 Å². The predicted octanol–water partition coefficient (Wildman–Crippen LogP) is 2.73. The summed E-state index contributed by atoms with van der Waals surface area (Å²) in [5.74, 6) is 3.27. The number of ether oxygens (including phenoxy) is 4. The molecule has 21 heavy (non-hydrogen) atoms. The van der Waals surface area contributed by atoms with Crippen LogP contribution in [-0.4, -0.2) is 18.5 Å². The van der Waals surface area contributed by atoms with Crippen LogP contribution in [0, 0.1) is 0 Å². The highest BCUT2D eigenvalue weighted by Gasteiger charge is 2.41. The maximum absolute atomic E-state index is 9.60. The highest BCUT2D eigenvalue weighted by molar-refractivity contribution is 5.57. The van der Waals surface area contributed by atoms with Gasteiger partial charge >= 0.3 is 0 Å². The van der Waals surface area contributed by atoms with E-state index >= 15 is 0 Å². The molecule has 5 heteroatoms. The lowest BCUT2D eigenvalue weighted by Crippen LogP contribution is -2.23. The third kappa shape index (κ3) is 1.46. The summed E-state index contributed by atoms with van der Waals surface area (Å²) >= 11 is 0. The van der Waals surface area contributed by atoms with Crippen molar-refractivity contribution in [2.45, 2.75) is 12.0 Å². The Hall–Kier alpha value is -2.56. The lowest BCUT2D eigenvalue weighted by molar-refractivity contribution is 0.139. The summed E-state index contributed by atoms with van der Waals surface area (Å²) in [6.45, 7) is 0.788. The fraction of sp³-hybridized carbons (Fsp3) is 0.250. The van der Waals surface area contributed by atoms with Crippen LogP contribution in [0.3, 0.4) is 0 Å². The lowest BCUT2D eigenvalue weighted by Gasteiger charge is -2.27. The van der Waals surface area contributed by atoms with Gasteiger partial charge in [0.2, 0.25) is 6.79 Å². The van der Waals surface area contributed by atoms with E-state index in [1.807, 2.05) is 18.2 Å². The second-order valence-electron chi connectivity index (χ2n) is 5.42. The largest absolute Gasteiger partial charge is 0.508 e. The van der Waals surface area contributed by atoms with Crippen LogP contribution >= 0.6 is 0 Å². The third-order valence-electron chi connectivity index (χ3n) is 4.25.